The molecule has 1 aromatic rings. The summed E-state index contributed by atoms with van der Waals surface area (Å²) in [5.41, 5.74) is 5.48. The van der Waals surface area contributed by atoms with E-state index < -0.39 is 0 Å². The molecule has 0 bridgehead atoms. The van der Waals surface area contributed by atoms with Gasteiger partial charge in [0.2, 0.25) is 11.9 Å². The van der Waals surface area contributed by atoms with Crippen molar-refractivity contribution in [3.05, 3.63) is 0 Å². The van der Waals surface area contributed by atoms with Gasteiger partial charge in [-0.05, 0) is 13.3 Å². The highest BCUT2D eigenvalue weighted by atomic mass is 16.5. The number of rotatable bonds is 7. The van der Waals surface area contributed by atoms with Crippen molar-refractivity contribution in [2.45, 2.75) is 13.3 Å². The van der Waals surface area contributed by atoms with Crippen molar-refractivity contribution in [1.29, 1.82) is 0 Å². The number of hydrogen-bond acceptors (Lipinski definition) is 7. The molecule has 1 rings (SSSR count). The average Bonchev–Trinajstić information content (AvgIpc) is 2.28. The SMILES string of the molecule is CCOCCCNc1nc(N)nc(OC)n1. The minimum Gasteiger partial charge on any atom is -0.467 e. The molecule has 0 aliphatic carbocycles. The molecule has 3 N–H and O–H groups in total. The van der Waals surface area contributed by atoms with Gasteiger partial charge in [0.25, 0.3) is 0 Å². The highest BCUT2D eigenvalue weighted by molar-refractivity contribution is 5.32. The number of ether oxygens (including phenoxy) is 2. The molecule has 7 nitrogen and oxygen atoms in total. The maximum atomic E-state index is 5.48. The Morgan fingerprint density at radius 2 is 2.12 bits per heavy atom. The Hall–Kier alpha value is -1.63. The van der Waals surface area contributed by atoms with Gasteiger partial charge < -0.3 is 20.5 Å². The topological polar surface area (TPSA) is 95.2 Å². The third-order valence-corrected chi connectivity index (χ3v) is 1.77. The lowest BCUT2D eigenvalue weighted by atomic mass is 10.4. The predicted molar refractivity (Wildman–Crippen MR) is 60.4 cm³/mol. The molecular formula is C9H17N5O2. The van der Waals surface area contributed by atoms with E-state index in [0.29, 0.717) is 19.1 Å². The first-order chi connectivity index (χ1) is 7.76. The van der Waals surface area contributed by atoms with Crippen molar-refractivity contribution in [2.24, 2.45) is 0 Å². The van der Waals surface area contributed by atoms with Gasteiger partial charge in [-0.2, -0.15) is 15.0 Å². The number of hydrogen-bond donors (Lipinski definition) is 2. The van der Waals surface area contributed by atoms with E-state index in [9.17, 15) is 0 Å². The third-order valence-electron chi connectivity index (χ3n) is 1.77. The summed E-state index contributed by atoms with van der Waals surface area (Å²) in [6.07, 6.45) is 0.877. The standard InChI is InChI=1S/C9H17N5O2/c1-3-16-6-4-5-11-8-12-7(10)13-9(14-8)15-2/h3-6H2,1-2H3,(H3,10,11,12,13,14). The van der Waals surface area contributed by atoms with Crippen LogP contribution in [0.5, 0.6) is 6.01 Å². The molecule has 7 heteroatoms. The van der Waals surface area contributed by atoms with Gasteiger partial charge >= 0.3 is 6.01 Å². The van der Waals surface area contributed by atoms with Crippen LogP contribution in [0.15, 0.2) is 0 Å². The van der Waals surface area contributed by atoms with Crippen LogP contribution in [0.4, 0.5) is 11.9 Å². The summed E-state index contributed by atoms with van der Waals surface area (Å²) in [6, 6.07) is 0.208. The number of nitrogens with two attached hydrogens (primary N) is 1. The fourth-order valence-corrected chi connectivity index (χ4v) is 1.06. The average molecular weight is 227 g/mol. The first kappa shape index (κ1) is 12.4. The number of methoxy groups -OCH3 is 1. The van der Waals surface area contributed by atoms with Gasteiger partial charge in [-0.1, -0.05) is 0 Å². The Morgan fingerprint density at radius 3 is 2.81 bits per heavy atom. The van der Waals surface area contributed by atoms with Crippen LogP contribution in [0.2, 0.25) is 0 Å². The summed E-state index contributed by atoms with van der Waals surface area (Å²) in [7, 11) is 1.48. The Morgan fingerprint density at radius 1 is 1.31 bits per heavy atom. The second-order valence-electron chi connectivity index (χ2n) is 2.98. The minimum atomic E-state index is 0.138. The van der Waals surface area contributed by atoms with E-state index >= 15 is 0 Å². The molecule has 16 heavy (non-hydrogen) atoms. The summed E-state index contributed by atoms with van der Waals surface area (Å²) < 4.78 is 10.1. The first-order valence-electron chi connectivity index (χ1n) is 5.13. The lowest BCUT2D eigenvalue weighted by molar-refractivity contribution is 0.147. The fourth-order valence-electron chi connectivity index (χ4n) is 1.06. The largest absolute Gasteiger partial charge is 0.467 e. The molecule has 0 radical (unpaired) electrons. The molecule has 0 unspecified atom stereocenters. The molecule has 1 aromatic heterocycles. The van der Waals surface area contributed by atoms with Crippen LogP contribution in [-0.4, -0.2) is 41.8 Å². The van der Waals surface area contributed by atoms with Crippen LogP contribution in [0, 0.1) is 0 Å². The summed E-state index contributed by atoms with van der Waals surface area (Å²) in [6.45, 7) is 4.12. The van der Waals surface area contributed by atoms with Crippen LogP contribution >= 0.6 is 0 Å². The summed E-state index contributed by atoms with van der Waals surface area (Å²) >= 11 is 0. The van der Waals surface area contributed by atoms with Crippen molar-refractivity contribution in [1.82, 2.24) is 15.0 Å². The summed E-state index contributed by atoms with van der Waals surface area (Å²) in [5, 5.41) is 3.02. The molecule has 0 aromatic carbocycles. The van der Waals surface area contributed by atoms with Crippen molar-refractivity contribution in [2.75, 3.05) is 37.9 Å². The zero-order chi connectivity index (χ0) is 11.8. The Kier molecular flexibility index (Phi) is 5.27. The Bertz CT molecular complexity index is 321. The van der Waals surface area contributed by atoms with Crippen LogP contribution < -0.4 is 15.8 Å². The van der Waals surface area contributed by atoms with Crippen molar-refractivity contribution >= 4 is 11.9 Å². The molecule has 0 aliphatic rings. The zero-order valence-electron chi connectivity index (χ0n) is 9.56. The van der Waals surface area contributed by atoms with Crippen LogP contribution in [0.25, 0.3) is 0 Å². The lowest BCUT2D eigenvalue weighted by Gasteiger charge is -2.06. The van der Waals surface area contributed by atoms with E-state index in [1.165, 1.54) is 7.11 Å². The second-order valence-corrected chi connectivity index (χ2v) is 2.98. The monoisotopic (exact) mass is 227 g/mol. The van der Waals surface area contributed by atoms with E-state index in [2.05, 4.69) is 20.3 Å². The van der Waals surface area contributed by atoms with E-state index in [1.807, 2.05) is 6.92 Å². The second kappa shape index (κ2) is 6.78. The Labute approximate surface area is 94.4 Å². The van der Waals surface area contributed by atoms with Crippen LogP contribution in [0.1, 0.15) is 13.3 Å². The maximum absolute atomic E-state index is 5.48. The molecule has 0 amide bonds. The smallest absolute Gasteiger partial charge is 0.322 e. The van der Waals surface area contributed by atoms with E-state index in [1.54, 1.807) is 0 Å². The van der Waals surface area contributed by atoms with Gasteiger partial charge in [0, 0.05) is 19.8 Å². The number of nitrogen functional groups attached to an aromatic ring is 1. The van der Waals surface area contributed by atoms with Gasteiger partial charge in [0.05, 0.1) is 7.11 Å². The maximum Gasteiger partial charge on any atom is 0.322 e. The summed E-state index contributed by atoms with van der Waals surface area (Å²) in [4.78, 5) is 11.7. The number of nitrogens with zero attached hydrogens (tertiary/aromatic N) is 3. The summed E-state index contributed by atoms with van der Waals surface area (Å²) in [5.74, 6) is 0.556. The van der Waals surface area contributed by atoms with Crippen LogP contribution in [0.3, 0.4) is 0 Å². The quantitative estimate of drug-likeness (QED) is 0.647. The zero-order valence-corrected chi connectivity index (χ0v) is 9.56. The normalized spacial score (nSPS) is 10.1. The highest BCUT2D eigenvalue weighted by Gasteiger charge is 2.03. The Balaban J connectivity index is 2.38. The fraction of sp³-hybridized carbons (Fsp3) is 0.667. The van der Waals surface area contributed by atoms with Gasteiger partial charge in [-0.3, -0.25) is 0 Å². The van der Waals surface area contributed by atoms with Crippen molar-refractivity contribution in [3.63, 3.8) is 0 Å². The van der Waals surface area contributed by atoms with E-state index in [4.69, 9.17) is 15.2 Å². The van der Waals surface area contributed by atoms with E-state index in [0.717, 1.165) is 13.0 Å². The van der Waals surface area contributed by atoms with E-state index in [-0.39, 0.29) is 12.0 Å². The van der Waals surface area contributed by atoms with Gasteiger partial charge in [-0.25, -0.2) is 0 Å². The van der Waals surface area contributed by atoms with Crippen molar-refractivity contribution in [3.8, 4) is 6.01 Å². The molecule has 0 aliphatic heterocycles. The molecule has 0 saturated carbocycles. The molecule has 0 atom stereocenters. The number of nitrogens with one attached hydrogen (secondary N) is 1. The molecule has 0 saturated heterocycles. The molecule has 1 heterocycles. The van der Waals surface area contributed by atoms with Gasteiger partial charge in [0.15, 0.2) is 0 Å². The lowest BCUT2D eigenvalue weighted by Crippen LogP contribution is -2.11. The third kappa shape index (κ3) is 4.26. The number of anilines is 2. The highest BCUT2D eigenvalue weighted by Crippen LogP contribution is 2.07. The molecule has 90 valence electrons. The minimum absolute atomic E-state index is 0.138. The molecule has 0 spiro atoms. The molecular weight excluding hydrogens is 210 g/mol. The first-order valence-corrected chi connectivity index (χ1v) is 5.13. The predicted octanol–water partition coefficient (Wildman–Crippen LogP) is 0.301. The van der Waals surface area contributed by atoms with Gasteiger partial charge in [-0.15, -0.1) is 0 Å². The van der Waals surface area contributed by atoms with Crippen molar-refractivity contribution < 1.29 is 9.47 Å². The number of aromatic nitrogens is 3. The van der Waals surface area contributed by atoms with Gasteiger partial charge in [0.1, 0.15) is 0 Å². The molecule has 0 fully saturated rings. The van der Waals surface area contributed by atoms with Crippen LogP contribution in [-0.2, 0) is 4.74 Å².